The second-order valence-electron chi connectivity index (χ2n) is 5.95. The number of nitrogens with one attached hydrogen (secondary N) is 1. The Hall–Kier alpha value is -2.09. The van der Waals surface area contributed by atoms with Gasteiger partial charge in [0.15, 0.2) is 0 Å². The number of halogens is 1. The van der Waals surface area contributed by atoms with Crippen molar-refractivity contribution in [2.24, 2.45) is 0 Å². The number of benzene rings is 2. The molecule has 1 amide bonds. The molecule has 0 radical (unpaired) electrons. The van der Waals surface area contributed by atoms with E-state index in [4.69, 9.17) is 16.3 Å². The van der Waals surface area contributed by atoms with E-state index in [-0.39, 0.29) is 22.0 Å². The van der Waals surface area contributed by atoms with Crippen LogP contribution in [0.15, 0.2) is 47.4 Å². The summed E-state index contributed by atoms with van der Waals surface area (Å²) in [5.41, 5.74) is 0.935. The Labute approximate surface area is 171 Å². The van der Waals surface area contributed by atoms with Gasteiger partial charge in [0, 0.05) is 25.2 Å². The minimum atomic E-state index is -3.68. The maximum atomic E-state index is 12.7. The third-order valence-electron chi connectivity index (χ3n) is 4.24. The Balaban J connectivity index is 2.25. The summed E-state index contributed by atoms with van der Waals surface area (Å²) < 4.78 is 32.3. The quantitative estimate of drug-likeness (QED) is 0.665. The summed E-state index contributed by atoms with van der Waals surface area (Å²) in [6, 6.07) is 11.6. The molecule has 0 aromatic heterocycles. The third-order valence-corrected chi connectivity index (χ3v) is 6.61. The maximum absolute atomic E-state index is 12.7. The van der Waals surface area contributed by atoms with E-state index in [1.807, 2.05) is 31.2 Å². The highest BCUT2D eigenvalue weighted by Gasteiger charge is 2.23. The number of rotatable bonds is 9. The van der Waals surface area contributed by atoms with Gasteiger partial charge in [0.1, 0.15) is 5.75 Å². The molecular formula is C20H25ClN2O4S. The van der Waals surface area contributed by atoms with E-state index in [1.165, 1.54) is 22.5 Å². The molecule has 0 spiro atoms. The molecule has 0 bridgehead atoms. The lowest BCUT2D eigenvalue weighted by Gasteiger charge is -2.19. The molecule has 0 aliphatic rings. The number of para-hydroxylation sites is 1. The van der Waals surface area contributed by atoms with Gasteiger partial charge in [-0.3, -0.25) is 4.79 Å². The molecule has 0 fully saturated rings. The molecule has 2 aromatic carbocycles. The lowest BCUT2D eigenvalue weighted by atomic mass is 10.1. The van der Waals surface area contributed by atoms with Crippen LogP contribution in [0.2, 0.25) is 5.02 Å². The van der Waals surface area contributed by atoms with E-state index in [1.54, 1.807) is 13.8 Å². The number of hydrogen-bond donors (Lipinski definition) is 1. The van der Waals surface area contributed by atoms with Crippen molar-refractivity contribution in [3.8, 4) is 5.75 Å². The molecule has 1 N–H and O–H groups in total. The van der Waals surface area contributed by atoms with Crippen LogP contribution < -0.4 is 10.1 Å². The lowest BCUT2D eigenvalue weighted by molar-refractivity contribution is 0.0950. The smallest absolute Gasteiger partial charge is 0.253 e. The van der Waals surface area contributed by atoms with Crippen LogP contribution in [0.25, 0.3) is 0 Å². The van der Waals surface area contributed by atoms with Crippen LogP contribution in [0.4, 0.5) is 0 Å². The minimum Gasteiger partial charge on any atom is -0.494 e. The molecule has 0 heterocycles. The Kier molecular flexibility index (Phi) is 7.86. The zero-order chi connectivity index (χ0) is 20.7. The van der Waals surface area contributed by atoms with Crippen molar-refractivity contribution >= 4 is 27.5 Å². The van der Waals surface area contributed by atoms with E-state index in [2.05, 4.69) is 5.32 Å². The molecule has 152 valence electrons. The van der Waals surface area contributed by atoms with Gasteiger partial charge in [0.25, 0.3) is 5.91 Å². The molecule has 6 nitrogen and oxygen atoms in total. The average Bonchev–Trinajstić information content (AvgIpc) is 2.68. The largest absolute Gasteiger partial charge is 0.494 e. The van der Waals surface area contributed by atoms with E-state index < -0.39 is 15.9 Å². The molecule has 2 aromatic rings. The van der Waals surface area contributed by atoms with Crippen LogP contribution in [0, 0.1) is 0 Å². The first kappa shape index (κ1) is 22.2. The maximum Gasteiger partial charge on any atom is 0.253 e. The third kappa shape index (κ3) is 5.04. The Morgan fingerprint density at radius 3 is 2.43 bits per heavy atom. The van der Waals surface area contributed by atoms with E-state index in [0.717, 1.165) is 5.56 Å². The van der Waals surface area contributed by atoms with Crippen LogP contribution >= 0.6 is 11.6 Å². The number of carbonyl (C=O) groups excluding carboxylic acids is 1. The lowest BCUT2D eigenvalue weighted by Crippen LogP contribution is -2.31. The van der Waals surface area contributed by atoms with E-state index in [0.29, 0.717) is 25.4 Å². The van der Waals surface area contributed by atoms with Crippen LogP contribution in [-0.4, -0.2) is 38.3 Å². The Bertz CT molecular complexity index is 928. The highest BCUT2D eigenvalue weighted by Crippen LogP contribution is 2.24. The molecule has 8 heteroatoms. The normalized spacial score (nSPS) is 11.5. The van der Waals surface area contributed by atoms with Crippen LogP contribution in [0.5, 0.6) is 5.75 Å². The molecule has 0 unspecified atom stereocenters. The summed E-state index contributed by atoms with van der Waals surface area (Å²) in [4.78, 5) is 12.7. The van der Waals surface area contributed by atoms with Crippen molar-refractivity contribution in [2.45, 2.75) is 32.2 Å². The standard InChI is InChI=1S/C20H25ClN2O4S/c1-4-23(5-2)28(25,26)16-11-12-18(21)17(13-16)20(24)22-14-15-9-7-8-10-19(15)27-6-3/h7-13H,4-6,14H2,1-3H3,(H,22,24). The molecule has 28 heavy (non-hydrogen) atoms. The van der Waals surface area contributed by atoms with E-state index >= 15 is 0 Å². The number of sulfonamides is 1. The van der Waals surface area contributed by atoms with Crippen molar-refractivity contribution in [1.29, 1.82) is 0 Å². The van der Waals surface area contributed by atoms with Crippen molar-refractivity contribution in [3.05, 3.63) is 58.6 Å². The van der Waals surface area contributed by atoms with Crippen LogP contribution in [0.3, 0.4) is 0 Å². The fraction of sp³-hybridized carbons (Fsp3) is 0.350. The molecule has 0 aliphatic heterocycles. The molecule has 0 saturated heterocycles. The predicted octanol–water partition coefficient (Wildman–Crippen LogP) is 3.70. The van der Waals surface area contributed by atoms with Gasteiger partial charge < -0.3 is 10.1 Å². The number of carbonyl (C=O) groups is 1. The first-order valence-electron chi connectivity index (χ1n) is 9.13. The van der Waals surface area contributed by atoms with Gasteiger partial charge in [-0.2, -0.15) is 4.31 Å². The predicted molar refractivity (Wildman–Crippen MR) is 110 cm³/mol. The SMILES string of the molecule is CCOc1ccccc1CNC(=O)c1cc(S(=O)(=O)N(CC)CC)ccc1Cl. The van der Waals surface area contributed by atoms with Gasteiger partial charge in [-0.1, -0.05) is 43.6 Å². The molecule has 0 aliphatic carbocycles. The van der Waals surface area contributed by atoms with Gasteiger partial charge >= 0.3 is 0 Å². The summed E-state index contributed by atoms with van der Waals surface area (Å²) in [6.45, 7) is 6.85. The van der Waals surface area contributed by atoms with Crippen molar-refractivity contribution in [1.82, 2.24) is 9.62 Å². The fourth-order valence-electron chi connectivity index (χ4n) is 2.77. The molecule has 2 rings (SSSR count). The summed E-state index contributed by atoms with van der Waals surface area (Å²) in [7, 11) is -3.68. The summed E-state index contributed by atoms with van der Waals surface area (Å²) >= 11 is 6.16. The molecule has 0 atom stereocenters. The van der Waals surface area contributed by atoms with Crippen molar-refractivity contribution in [2.75, 3.05) is 19.7 Å². The summed E-state index contributed by atoms with van der Waals surface area (Å²) in [6.07, 6.45) is 0. The van der Waals surface area contributed by atoms with Crippen LogP contribution in [0.1, 0.15) is 36.7 Å². The zero-order valence-corrected chi connectivity index (χ0v) is 17.8. The van der Waals surface area contributed by atoms with Gasteiger partial charge in [0.2, 0.25) is 10.0 Å². The highest BCUT2D eigenvalue weighted by atomic mass is 35.5. The second kappa shape index (κ2) is 9.91. The Morgan fingerprint density at radius 2 is 1.79 bits per heavy atom. The number of amides is 1. The van der Waals surface area contributed by atoms with Crippen molar-refractivity contribution in [3.63, 3.8) is 0 Å². The van der Waals surface area contributed by atoms with Crippen molar-refractivity contribution < 1.29 is 17.9 Å². The number of hydrogen-bond acceptors (Lipinski definition) is 4. The topological polar surface area (TPSA) is 75.7 Å². The molecule has 0 saturated carbocycles. The van der Waals surface area contributed by atoms with Gasteiger partial charge in [-0.25, -0.2) is 8.42 Å². The fourth-order valence-corrected chi connectivity index (χ4v) is 4.46. The van der Waals surface area contributed by atoms with Crippen LogP contribution in [-0.2, 0) is 16.6 Å². The second-order valence-corrected chi connectivity index (χ2v) is 8.30. The highest BCUT2D eigenvalue weighted by molar-refractivity contribution is 7.89. The minimum absolute atomic E-state index is 0.0421. The van der Waals surface area contributed by atoms with Gasteiger partial charge in [-0.05, 0) is 31.2 Å². The first-order valence-corrected chi connectivity index (χ1v) is 11.0. The number of nitrogens with zero attached hydrogens (tertiary/aromatic N) is 1. The Morgan fingerprint density at radius 1 is 1.11 bits per heavy atom. The first-order chi connectivity index (χ1) is 13.3. The summed E-state index contributed by atoms with van der Waals surface area (Å²) in [5, 5.41) is 2.97. The van der Waals surface area contributed by atoms with E-state index in [9.17, 15) is 13.2 Å². The monoisotopic (exact) mass is 424 g/mol. The zero-order valence-electron chi connectivity index (χ0n) is 16.2. The number of ether oxygens (including phenoxy) is 1. The average molecular weight is 425 g/mol. The van der Waals surface area contributed by atoms with Gasteiger partial charge in [0.05, 0.1) is 22.1 Å². The summed E-state index contributed by atoms with van der Waals surface area (Å²) in [5.74, 6) is 0.238. The van der Waals surface area contributed by atoms with Gasteiger partial charge in [-0.15, -0.1) is 0 Å². The molecular weight excluding hydrogens is 400 g/mol.